The van der Waals surface area contributed by atoms with Crippen molar-refractivity contribution in [2.75, 3.05) is 24.8 Å². The van der Waals surface area contributed by atoms with Gasteiger partial charge in [0.25, 0.3) is 0 Å². The van der Waals surface area contributed by atoms with E-state index < -0.39 is 6.04 Å². The predicted octanol–water partition coefficient (Wildman–Crippen LogP) is 1.90. The summed E-state index contributed by atoms with van der Waals surface area (Å²) in [6, 6.07) is 6.93. The van der Waals surface area contributed by atoms with E-state index in [-0.39, 0.29) is 18.4 Å². The summed E-state index contributed by atoms with van der Waals surface area (Å²) in [6.45, 7) is 3.87. The molecule has 1 aromatic rings. The molecule has 24 heavy (non-hydrogen) atoms. The van der Waals surface area contributed by atoms with Crippen LogP contribution in [0.25, 0.3) is 0 Å². The Kier molecular flexibility index (Phi) is 9.36. The number of benzene rings is 1. The summed E-state index contributed by atoms with van der Waals surface area (Å²) in [5, 5.41) is 8.50. The van der Waals surface area contributed by atoms with Gasteiger partial charge in [-0.1, -0.05) is 43.0 Å². The first-order valence-electron chi connectivity index (χ1n) is 7.52. The van der Waals surface area contributed by atoms with Crippen molar-refractivity contribution in [1.29, 1.82) is 0 Å². The number of ether oxygens (including phenoxy) is 1. The summed E-state index contributed by atoms with van der Waals surface area (Å²) in [5.74, 6) is 0.342. The van der Waals surface area contributed by atoms with Crippen LogP contribution < -0.4 is 16.0 Å². The largest absolute Gasteiger partial charge is 0.382 e. The van der Waals surface area contributed by atoms with Crippen LogP contribution in [0.5, 0.6) is 0 Å². The molecule has 0 bridgehead atoms. The lowest BCUT2D eigenvalue weighted by Crippen LogP contribution is -2.48. The third kappa shape index (κ3) is 7.76. The van der Waals surface area contributed by atoms with E-state index in [2.05, 4.69) is 16.0 Å². The molecule has 1 atom stereocenters. The molecule has 0 spiro atoms. The monoisotopic (exact) mass is 369 g/mol. The second-order valence-corrected chi connectivity index (χ2v) is 6.91. The maximum absolute atomic E-state index is 12.1. The number of carbonyl (C=O) groups excluding carboxylic acids is 2. The van der Waals surface area contributed by atoms with Gasteiger partial charge in [0, 0.05) is 26.3 Å². The highest BCUT2D eigenvalue weighted by Crippen LogP contribution is 2.14. The van der Waals surface area contributed by atoms with Crippen LogP contribution in [0.2, 0.25) is 0 Å². The Hall–Kier alpha value is -1.64. The van der Waals surface area contributed by atoms with Crippen LogP contribution in [0.4, 0.5) is 5.69 Å². The number of amides is 2. The summed E-state index contributed by atoms with van der Waals surface area (Å²) in [6.07, 6.45) is 0. The van der Waals surface area contributed by atoms with Gasteiger partial charge in [0.05, 0.1) is 6.61 Å². The van der Waals surface area contributed by atoms with Crippen LogP contribution in [-0.2, 0) is 20.9 Å². The fourth-order valence-electron chi connectivity index (χ4n) is 1.95. The van der Waals surface area contributed by atoms with Gasteiger partial charge in [0.2, 0.25) is 11.8 Å². The normalized spacial score (nSPS) is 11.5. The number of rotatable bonds is 8. The average molecular weight is 370 g/mol. The molecular weight excluding hydrogens is 346 g/mol. The molecule has 0 unspecified atom stereocenters. The smallest absolute Gasteiger partial charge is 0.245 e. The van der Waals surface area contributed by atoms with Gasteiger partial charge in [-0.25, -0.2) is 0 Å². The van der Waals surface area contributed by atoms with E-state index in [1.165, 1.54) is 14.0 Å². The van der Waals surface area contributed by atoms with Crippen LogP contribution in [0.1, 0.15) is 19.4 Å². The second kappa shape index (κ2) is 11.0. The highest BCUT2D eigenvalue weighted by molar-refractivity contribution is 8.23. The summed E-state index contributed by atoms with van der Waals surface area (Å²) < 4.78 is 5.67. The number of hydrogen-bond donors (Lipinski definition) is 3. The topological polar surface area (TPSA) is 79.5 Å². The quantitative estimate of drug-likeness (QED) is 0.608. The van der Waals surface area contributed by atoms with Gasteiger partial charge >= 0.3 is 0 Å². The van der Waals surface area contributed by atoms with Crippen molar-refractivity contribution in [2.45, 2.75) is 26.4 Å². The first-order valence-corrected chi connectivity index (χ1v) is 8.92. The molecule has 0 aliphatic carbocycles. The maximum Gasteiger partial charge on any atom is 0.245 e. The van der Waals surface area contributed by atoms with Gasteiger partial charge in [-0.05, 0) is 23.4 Å². The lowest BCUT2D eigenvalue weighted by atomic mass is 10.2. The molecule has 0 saturated heterocycles. The Morgan fingerprint density at radius 2 is 2.12 bits per heavy atom. The molecule has 1 rings (SSSR count). The minimum Gasteiger partial charge on any atom is -0.382 e. The van der Waals surface area contributed by atoms with Gasteiger partial charge in [-0.2, -0.15) is 0 Å². The predicted molar refractivity (Wildman–Crippen MR) is 102 cm³/mol. The Bertz CT molecular complexity index is 581. The molecule has 0 heterocycles. The molecule has 3 N–H and O–H groups in total. The van der Waals surface area contributed by atoms with Crippen molar-refractivity contribution in [1.82, 2.24) is 10.6 Å². The molecule has 132 valence electrons. The highest BCUT2D eigenvalue weighted by Gasteiger charge is 2.18. The minimum absolute atomic E-state index is 0.121. The number of anilines is 1. The molecule has 0 saturated carbocycles. The Morgan fingerprint density at radius 1 is 1.38 bits per heavy atom. The van der Waals surface area contributed by atoms with E-state index in [1.807, 2.05) is 31.2 Å². The Balaban J connectivity index is 2.61. The van der Waals surface area contributed by atoms with Crippen LogP contribution in [0.15, 0.2) is 24.3 Å². The molecule has 6 nitrogen and oxygen atoms in total. The highest BCUT2D eigenvalue weighted by atomic mass is 32.2. The van der Waals surface area contributed by atoms with Crippen molar-refractivity contribution in [2.24, 2.45) is 0 Å². The summed E-state index contributed by atoms with van der Waals surface area (Å²) in [5.41, 5.74) is 1.81. The van der Waals surface area contributed by atoms with Gasteiger partial charge in [-0.15, -0.1) is 0 Å². The number of methoxy groups -OCH3 is 1. The lowest BCUT2D eigenvalue weighted by Gasteiger charge is -2.17. The fourth-order valence-corrected chi connectivity index (χ4v) is 2.87. The van der Waals surface area contributed by atoms with Crippen LogP contribution in [0.3, 0.4) is 0 Å². The number of hydrogen-bond acceptors (Lipinski definition) is 5. The zero-order valence-electron chi connectivity index (χ0n) is 14.0. The van der Waals surface area contributed by atoms with E-state index >= 15 is 0 Å². The third-order valence-electron chi connectivity index (χ3n) is 2.94. The Morgan fingerprint density at radius 3 is 2.75 bits per heavy atom. The zero-order valence-corrected chi connectivity index (χ0v) is 15.7. The minimum atomic E-state index is -0.706. The first kappa shape index (κ1) is 20.4. The number of thiocarbonyl (C=S) groups is 1. The molecule has 0 aliphatic rings. The van der Waals surface area contributed by atoms with Crippen molar-refractivity contribution >= 4 is 45.8 Å². The van der Waals surface area contributed by atoms with E-state index in [4.69, 9.17) is 17.0 Å². The average Bonchev–Trinajstić information content (AvgIpc) is 2.52. The molecule has 0 aliphatic heterocycles. The van der Waals surface area contributed by atoms with Crippen LogP contribution in [-0.4, -0.2) is 41.6 Å². The van der Waals surface area contributed by atoms with Gasteiger partial charge < -0.3 is 20.7 Å². The molecule has 0 aromatic heterocycles. The van der Waals surface area contributed by atoms with Crippen molar-refractivity contribution in [3.05, 3.63) is 29.8 Å². The molecule has 0 radical (unpaired) electrons. The molecule has 8 heteroatoms. The van der Waals surface area contributed by atoms with Gasteiger partial charge in [0.1, 0.15) is 10.4 Å². The molecular formula is C16H23N3O3S2. The number of thioether (sulfide) groups is 1. The SMILES string of the molecule is CCSC(=S)Nc1cccc(CNC(=O)[C@@H](COC)NC(C)=O)c1. The third-order valence-corrected chi connectivity index (χ3v) is 4.05. The van der Waals surface area contributed by atoms with Crippen molar-refractivity contribution in [3.8, 4) is 0 Å². The van der Waals surface area contributed by atoms with E-state index in [0.717, 1.165) is 17.0 Å². The maximum atomic E-state index is 12.1. The fraction of sp³-hybridized carbons (Fsp3) is 0.438. The van der Waals surface area contributed by atoms with Crippen LogP contribution >= 0.6 is 24.0 Å². The van der Waals surface area contributed by atoms with E-state index in [9.17, 15) is 9.59 Å². The first-order chi connectivity index (χ1) is 11.5. The van der Waals surface area contributed by atoms with E-state index in [1.54, 1.807) is 11.8 Å². The van der Waals surface area contributed by atoms with Crippen molar-refractivity contribution in [3.63, 3.8) is 0 Å². The van der Waals surface area contributed by atoms with E-state index in [0.29, 0.717) is 10.9 Å². The molecule has 0 fully saturated rings. The second-order valence-electron chi connectivity index (χ2n) is 4.97. The number of carbonyl (C=O) groups is 2. The lowest BCUT2D eigenvalue weighted by molar-refractivity contribution is -0.129. The Labute approximate surface area is 152 Å². The van der Waals surface area contributed by atoms with Crippen molar-refractivity contribution < 1.29 is 14.3 Å². The van der Waals surface area contributed by atoms with Gasteiger partial charge in [-0.3, -0.25) is 9.59 Å². The summed E-state index contributed by atoms with van der Waals surface area (Å²) in [7, 11) is 1.48. The standard InChI is InChI=1S/C16H23N3O3S2/c1-4-24-16(23)19-13-7-5-6-12(8-13)9-17-15(21)14(10-22-3)18-11(2)20/h5-8,14H,4,9-10H2,1-3H3,(H,17,21)(H,18,20)(H,19,23)/t14-/m1/s1. The molecule has 1 aromatic carbocycles. The summed E-state index contributed by atoms with van der Waals surface area (Å²) in [4.78, 5) is 23.3. The van der Waals surface area contributed by atoms with Gasteiger partial charge in [0.15, 0.2) is 0 Å². The molecule has 2 amide bonds. The zero-order chi connectivity index (χ0) is 17.9. The van der Waals surface area contributed by atoms with Crippen LogP contribution in [0, 0.1) is 0 Å². The number of nitrogens with one attached hydrogen (secondary N) is 3. The summed E-state index contributed by atoms with van der Waals surface area (Å²) >= 11 is 6.78.